The van der Waals surface area contributed by atoms with E-state index in [9.17, 15) is 14.7 Å². The average molecular weight is 407 g/mol. The summed E-state index contributed by atoms with van der Waals surface area (Å²) in [6, 6.07) is 24.0. The van der Waals surface area contributed by atoms with Crippen LogP contribution in [0.5, 0.6) is 5.88 Å². The number of hydrogen-bond acceptors (Lipinski definition) is 4. The largest absolute Gasteiger partial charge is 0.493 e. The number of aromatic nitrogens is 2. The Hall–Kier alpha value is -4.63. The van der Waals surface area contributed by atoms with Crippen LogP contribution < -0.4 is 11.2 Å². The molecule has 4 rings (SSSR count). The van der Waals surface area contributed by atoms with Crippen LogP contribution in [0.2, 0.25) is 0 Å². The second kappa shape index (κ2) is 8.39. The van der Waals surface area contributed by atoms with E-state index in [-0.39, 0.29) is 5.56 Å². The maximum atomic E-state index is 13.2. The molecule has 6 heteroatoms. The number of benzene rings is 3. The molecule has 1 heterocycles. The summed E-state index contributed by atoms with van der Waals surface area (Å²) < 4.78 is 2.08. The fraction of sp³-hybridized carbons (Fsp3) is 0. The molecule has 6 nitrogen and oxygen atoms in total. The Kier molecular flexibility index (Phi) is 5.33. The lowest BCUT2D eigenvalue weighted by Gasteiger charge is -2.14. The monoisotopic (exact) mass is 407 g/mol. The first kappa shape index (κ1) is 19.7. The molecule has 0 radical (unpaired) electrons. The highest BCUT2D eigenvalue weighted by molar-refractivity contribution is 5.84. The highest BCUT2D eigenvalue weighted by Gasteiger charge is 2.19. The van der Waals surface area contributed by atoms with E-state index in [2.05, 4.69) is 10.9 Å². The minimum atomic E-state index is -0.689. The van der Waals surface area contributed by atoms with Crippen LogP contribution in [-0.4, -0.2) is 20.5 Å². The summed E-state index contributed by atoms with van der Waals surface area (Å²) in [5.41, 5.74) is 0.445. The highest BCUT2D eigenvalue weighted by Crippen LogP contribution is 2.18. The van der Waals surface area contributed by atoms with Crippen molar-refractivity contribution in [1.82, 2.24) is 9.13 Å². The zero-order chi connectivity index (χ0) is 21.8. The number of para-hydroxylation sites is 2. The Morgan fingerprint density at radius 3 is 2.06 bits per heavy atom. The van der Waals surface area contributed by atoms with Crippen molar-refractivity contribution in [3.05, 3.63) is 117 Å². The van der Waals surface area contributed by atoms with Crippen LogP contribution in [0.4, 0.5) is 5.69 Å². The lowest BCUT2D eigenvalue weighted by Crippen LogP contribution is -2.40. The summed E-state index contributed by atoms with van der Waals surface area (Å²) in [6.45, 7) is 0. The molecule has 0 unspecified atom stereocenters. The molecule has 0 fully saturated rings. The van der Waals surface area contributed by atoms with Gasteiger partial charge < -0.3 is 5.11 Å². The third kappa shape index (κ3) is 3.80. The predicted octanol–water partition coefficient (Wildman–Crippen LogP) is 3.43. The van der Waals surface area contributed by atoms with Gasteiger partial charge in [0.2, 0.25) is 5.88 Å². The van der Waals surface area contributed by atoms with Crippen molar-refractivity contribution < 1.29 is 5.11 Å². The zero-order valence-corrected chi connectivity index (χ0v) is 16.3. The van der Waals surface area contributed by atoms with E-state index in [0.717, 1.165) is 9.13 Å². The summed E-state index contributed by atoms with van der Waals surface area (Å²) in [7, 11) is 0. The Labute approximate surface area is 178 Å². The van der Waals surface area contributed by atoms with Crippen LogP contribution >= 0.6 is 0 Å². The van der Waals surface area contributed by atoms with Gasteiger partial charge in [-0.2, -0.15) is 0 Å². The molecule has 0 aliphatic heterocycles. The zero-order valence-electron chi connectivity index (χ0n) is 16.3. The van der Waals surface area contributed by atoms with Crippen molar-refractivity contribution in [3.8, 4) is 29.6 Å². The smallest absolute Gasteiger partial charge is 0.343 e. The molecule has 0 atom stereocenters. The molecule has 1 N–H and O–H groups in total. The van der Waals surface area contributed by atoms with Gasteiger partial charge in [0.1, 0.15) is 5.56 Å². The Bertz CT molecular complexity index is 1430. The average Bonchev–Trinajstić information content (AvgIpc) is 2.80. The summed E-state index contributed by atoms with van der Waals surface area (Å²) in [4.78, 5) is 30.7. The minimum Gasteiger partial charge on any atom is -0.493 e. The molecule has 0 saturated carbocycles. The lowest BCUT2D eigenvalue weighted by atomic mass is 10.2. The fourth-order valence-corrected chi connectivity index (χ4v) is 3.16. The summed E-state index contributed by atoms with van der Waals surface area (Å²) >= 11 is 0. The topological polar surface area (TPSA) is 76.6 Å². The maximum absolute atomic E-state index is 13.2. The van der Waals surface area contributed by atoms with E-state index in [1.54, 1.807) is 84.9 Å². The van der Waals surface area contributed by atoms with E-state index < -0.39 is 17.1 Å². The van der Waals surface area contributed by atoms with Gasteiger partial charge in [-0.25, -0.2) is 13.9 Å². The second-order valence-corrected chi connectivity index (χ2v) is 6.62. The molecule has 0 aliphatic rings. The lowest BCUT2D eigenvalue weighted by molar-refractivity contribution is 0.427. The fourth-order valence-electron chi connectivity index (χ4n) is 3.16. The third-order valence-corrected chi connectivity index (χ3v) is 4.65. The molecule has 0 saturated heterocycles. The van der Waals surface area contributed by atoms with Crippen LogP contribution in [0.15, 0.2) is 99.5 Å². The van der Waals surface area contributed by atoms with Gasteiger partial charge >= 0.3 is 5.69 Å². The van der Waals surface area contributed by atoms with Crippen LogP contribution in [0.1, 0.15) is 11.1 Å². The summed E-state index contributed by atoms with van der Waals surface area (Å²) in [5, 5.41) is 10.9. The van der Waals surface area contributed by atoms with Gasteiger partial charge in [0.25, 0.3) is 5.56 Å². The van der Waals surface area contributed by atoms with Gasteiger partial charge in [0, 0.05) is 11.8 Å². The van der Waals surface area contributed by atoms with Crippen LogP contribution in [0.25, 0.3) is 11.4 Å². The maximum Gasteiger partial charge on any atom is 0.343 e. The molecule has 0 bridgehead atoms. The first-order valence-electron chi connectivity index (χ1n) is 9.43. The van der Waals surface area contributed by atoms with Crippen molar-refractivity contribution in [1.29, 1.82) is 0 Å². The molecule has 150 valence electrons. The minimum absolute atomic E-state index is 0.126. The Morgan fingerprint density at radius 2 is 1.45 bits per heavy atom. The molecule has 0 amide bonds. The van der Waals surface area contributed by atoms with E-state index in [4.69, 9.17) is 6.42 Å². The Morgan fingerprint density at radius 1 is 0.839 bits per heavy atom. The first-order valence-corrected chi connectivity index (χ1v) is 9.43. The molecule has 4 aromatic rings. The van der Waals surface area contributed by atoms with Gasteiger partial charge in [0.05, 0.1) is 17.1 Å². The normalized spacial score (nSPS) is 10.8. The molecule has 1 aromatic heterocycles. The second-order valence-electron chi connectivity index (χ2n) is 6.62. The van der Waals surface area contributed by atoms with Crippen molar-refractivity contribution in [3.63, 3.8) is 0 Å². The number of terminal acetylenes is 1. The predicted molar refractivity (Wildman–Crippen MR) is 121 cm³/mol. The van der Waals surface area contributed by atoms with E-state index >= 15 is 0 Å². The van der Waals surface area contributed by atoms with E-state index in [1.165, 1.54) is 6.21 Å². The SMILES string of the molecule is C#Cc1cccc(N=Cc2c(O)n(-c3ccccc3)c(=O)n(-c3ccccc3)c2=O)c1. The molecule has 0 spiro atoms. The van der Waals surface area contributed by atoms with Gasteiger partial charge in [0.15, 0.2) is 0 Å². The molecule has 3 aromatic carbocycles. The Balaban J connectivity index is 1.99. The van der Waals surface area contributed by atoms with Gasteiger partial charge in [-0.15, -0.1) is 6.42 Å². The first-order chi connectivity index (χ1) is 15.1. The van der Waals surface area contributed by atoms with E-state index in [1.807, 2.05) is 0 Å². The van der Waals surface area contributed by atoms with Crippen molar-refractivity contribution in [2.75, 3.05) is 0 Å². The number of rotatable bonds is 4. The molecule has 31 heavy (non-hydrogen) atoms. The number of aromatic hydroxyl groups is 1. The number of hydrogen-bond donors (Lipinski definition) is 1. The van der Waals surface area contributed by atoms with Crippen LogP contribution in [0.3, 0.4) is 0 Å². The summed E-state index contributed by atoms with van der Waals surface area (Å²) in [6.07, 6.45) is 6.67. The van der Waals surface area contributed by atoms with Crippen LogP contribution in [0, 0.1) is 12.3 Å². The van der Waals surface area contributed by atoms with Gasteiger partial charge in [-0.3, -0.25) is 9.79 Å². The standard InChI is InChI=1S/C25H17N3O3/c1-2-18-10-9-11-19(16-18)26-17-22-23(29)27(20-12-5-3-6-13-20)25(31)28(24(22)30)21-14-7-4-8-15-21/h1,3-17,29H. The molecular formula is C25H17N3O3. The highest BCUT2D eigenvalue weighted by atomic mass is 16.3. The quantitative estimate of drug-likeness (QED) is 0.416. The summed E-state index contributed by atoms with van der Waals surface area (Å²) in [5.74, 6) is 2.03. The van der Waals surface area contributed by atoms with Gasteiger partial charge in [-0.1, -0.05) is 48.4 Å². The van der Waals surface area contributed by atoms with Crippen LogP contribution in [-0.2, 0) is 0 Å². The third-order valence-electron chi connectivity index (χ3n) is 4.65. The molecule has 0 aliphatic carbocycles. The van der Waals surface area contributed by atoms with Gasteiger partial charge in [-0.05, 0) is 42.5 Å². The van der Waals surface area contributed by atoms with Crippen molar-refractivity contribution in [2.24, 2.45) is 4.99 Å². The van der Waals surface area contributed by atoms with E-state index in [0.29, 0.717) is 22.6 Å². The molecular weight excluding hydrogens is 390 g/mol. The number of nitrogens with zero attached hydrogens (tertiary/aromatic N) is 3. The van der Waals surface area contributed by atoms with Crippen molar-refractivity contribution >= 4 is 11.9 Å². The van der Waals surface area contributed by atoms with Crippen molar-refractivity contribution in [2.45, 2.75) is 0 Å². The number of aliphatic imine (C=N–C) groups is 1.